The van der Waals surface area contributed by atoms with Gasteiger partial charge in [0, 0.05) is 67.4 Å². The molecule has 1 aliphatic heterocycles. The van der Waals surface area contributed by atoms with Crippen LogP contribution in [0, 0.1) is 26.7 Å². The summed E-state index contributed by atoms with van der Waals surface area (Å²) < 4.78 is 7.17. The minimum absolute atomic E-state index is 0.0239. The number of allylic oxidation sites excluding steroid dienone is 2. The normalized spacial score (nSPS) is 13.8. The topological polar surface area (TPSA) is 107 Å². The van der Waals surface area contributed by atoms with Crippen LogP contribution in [0.1, 0.15) is 107 Å². The molecule has 0 spiro atoms. The van der Waals surface area contributed by atoms with E-state index in [1.807, 2.05) is 59.7 Å². The summed E-state index contributed by atoms with van der Waals surface area (Å²) in [7, 11) is 5.73. The SMILES string of the molecule is C=C(NC(=NC)Nc1cc(C)c(Br)cn1)C1CCN(C(=CCC)OC(C)(C)C)CC1.CC.CCCc1c(C)ncc(C(=O)NCCN(C)C)c1C. The van der Waals surface area contributed by atoms with Crippen molar-refractivity contribution in [3.05, 3.63) is 75.1 Å². The molecule has 3 heterocycles. The third kappa shape index (κ3) is 16.2. The molecule has 1 fully saturated rings. The van der Waals surface area contributed by atoms with Crippen LogP contribution in [0.15, 0.2) is 52.2 Å². The van der Waals surface area contributed by atoms with E-state index in [0.29, 0.717) is 24.0 Å². The van der Waals surface area contributed by atoms with Crippen molar-refractivity contribution < 1.29 is 9.53 Å². The number of amides is 1. The lowest BCUT2D eigenvalue weighted by Crippen LogP contribution is -2.40. The molecule has 0 bridgehead atoms. The lowest BCUT2D eigenvalue weighted by Gasteiger charge is -2.38. The summed E-state index contributed by atoms with van der Waals surface area (Å²) in [6.07, 6.45) is 10.7. The first-order chi connectivity index (χ1) is 24.1. The van der Waals surface area contributed by atoms with Crippen molar-refractivity contribution in [2.75, 3.05) is 52.6 Å². The lowest BCUT2D eigenvalue weighted by atomic mass is 9.94. The number of aryl methyl sites for hydroxylation is 2. The van der Waals surface area contributed by atoms with Gasteiger partial charge in [-0.1, -0.05) is 40.7 Å². The average molecular weight is 772 g/mol. The maximum Gasteiger partial charge on any atom is 0.253 e. The quantitative estimate of drug-likeness (QED) is 0.112. The van der Waals surface area contributed by atoms with Crippen molar-refractivity contribution in [3.8, 4) is 0 Å². The molecule has 1 aliphatic rings. The largest absolute Gasteiger partial charge is 0.474 e. The van der Waals surface area contributed by atoms with Gasteiger partial charge >= 0.3 is 0 Å². The second-order valence-corrected chi connectivity index (χ2v) is 14.6. The molecule has 51 heavy (non-hydrogen) atoms. The van der Waals surface area contributed by atoms with Gasteiger partial charge in [0.05, 0.1) is 5.56 Å². The molecule has 2 aromatic rings. The van der Waals surface area contributed by atoms with Gasteiger partial charge in [-0.3, -0.25) is 14.8 Å². The van der Waals surface area contributed by atoms with Gasteiger partial charge in [0.15, 0.2) is 5.88 Å². The maximum absolute atomic E-state index is 12.1. The minimum atomic E-state index is -0.194. The first-order valence-corrected chi connectivity index (χ1v) is 19.2. The Morgan fingerprint density at radius 2 is 1.78 bits per heavy atom. The molecule has 0 aliphatic carbocycles. The summed E-state index contributed by atoms with van der Waals surface area (Å²) in [6, 6.07) is 1.98. The van der Waals surface area contributed by atoms with Crippen LogP contribution < -0.4 is 16.0 Å². The highest BCUT2D eigenvalue weighted by Crippen LogP contribution is 2.27. The highest BCUT2D eigenvalue weighted by Gasteiger charge is 2.26. The van der Waals surface area contributed by atoms with Gasteiger partial charge in [-0.15, -0.1) is 0 Å². The van der Waals surface area contributed by atoms with E-state index in [9.17, 15) is 4.79 Å². The number of ether oxygens (including phenoxy) is 1. The Hall–Kier alpha value is -3.44. The first-order valence-electron chi connectivity index (χ1n) is 18.4. The van der Waals surface area contributed by atoms with E-state index in [1.165, 1.54) is 5.56 Å². The highest BCUT2D eigenvalue weighted by atomic mass is 79.9. The minimum Gasteiger partial charge on any atom is -0.474 e. The third-order valence-corrected chi connectivity index (χ3v) is 8.98. The molecule has 11 heteroatoms. The molecule has 0 aromatic carbocycles. The molecule has 0 radical (unpaired) electrons. The number of carbonyl (C=O) groups excluding carboxylic acids is 1. The molecule has 1 amide bonds. The molecular formula is C40H67BrN8O2. The van der Waals surface area contributed by atoms with E-state index < -0.39 is 0 Å². The smallest absolute Gasteiger partial charge is 0.253 e. The molecule has 10 nitrogen and oxygen atoms in total. The number of likely N-dealkylation sites (N-methyl/N-ethyl adjacent to an activating group) is 1. The van der Waals surface area contributed by atoms with Crippen LogP contribution >= 0.6 is 15.9 Å². The van der Waals surface area contributed by atoms with Crippen molar-refractivity contribution in [2.45, 2.75) is 107 Å². The third-order valence-electron chi connectivity index (χ3n) is 8.15. The summed E-state index contributed by atoms with van der Waals surface area (Å²) in [5.41, 5.74) is 5.91. The van der Waals surface area contributed by atoms with Crippen molar-refractivity contribution >= 4 is 33.6 Å². The number of aliphatic imine (C=N–C) groups is 1. The predicted octanol–water partition coefficient (Wildman–Crippen LogP) is 8.40. The van der Waals surface area contributed by atoms with Crippen LogP contribution in [0.3, 0.4) is 0 Å². The Kier molecular flexibility index (Phi) is 20.7. The monoisotopic (exact) mass is 770 g/mol. The standard InChI is InChI=1S/C23H36BrN5O.C15H25N3O.C2H6/c1-8-9-21(30-23(4,5)6)29-12-10-18(11-13-29)17(3)27-22(25-7)28-20-14-16(2)19(24)15-26-20;1-6-7-13-11(2)14(10-17-12(13)3)15(19)16-8-9-18(4)5;1-2/h9,14-15,18H,3,8,10-13H2,1-2,4-7H3,(H2,25,26,27,28);10H,6-9H2,1-5H3,(H,16,19);1-2H3. The van der Waals surface area contributed by atoms with E-state index in [2.05, 4.69) is 99.0 Å². The van der Waals surface area contributed by atoms with Crippen molar-refractivity contribution in [3.63, 3.8) is 0 Å². The summed E-state index contributed by atoms with van der Waals surface area (Å²) >= 11 is 3.48. The number of nitrogens with zero attached hydrogens (tertiary/aromatic N) is 5. The zero-order chi connectivity index (χ0) is 38.7. The van der Waals surface area contributed by atoms with Gasteiger partial charge < -0.3 is 30.5 Å². The zero-order valence-corrected chi connectivity index (χ0v) is 35.5. The summed E-state index contributed by atoms with van der Waals surface area (Å²) in [4.78, 5) is 29.6. The Labute approximate surface area is 318 Å². The van der Waals surface area contributed by atoms with Gasteiger partial charge in [-0.25, -0.2) is 4.98 Å². The van der Waals surface area contributed by atoms with Gasteiger partial charge in [0.2, 0.25) is 5.96 Å². The van der Waals surface area contributed by atoms with Crippen LogP contribution in [-0.2, 0) is 11.2 Å². The number of halogens is 1. The molecule has 0 atom stereocenters. The Balaban J connectivity index is 0.000000533. The van der Waals surface area contributed by atoms with E-state index >= 15 is 0 Å². The number of rotatable bonds is 12. The van der Waals surface area contributed by atoms with Crippen molar-refractivity contribution in [1.82, 2.24) is 30.4 Å². The molecule has 3 rings (SSSR count). The van der Waals surface area contributed by atoms with Gasteiger partial charge in [0.25, 0.3) is 5.91 Å². The molecular weight excluding hydrogens is 704 g/mol. The van der Waals surface area contributed by atoms with Crippen LogP contribution in [0.4, 0.5) is 5.82 Å². The van der Waals surface area contributed by atoms with E-state index in [-0.39, 0.29) is 11.5 Å². The maximum atomic E-state index is 12.1. The van der Waals surface area contributed by atoms with Gasteiger partial charge in [-0.05, 0) is 126 Å². The summed E-state index contributed by atoms with van der Waals surface area (Å²) in [5, 5.41) is 9.54. The van der Waals surface area contributed by atoms with Gasteiger partial charge in [0.1, 0.15) is 11.4 Å². The number of carbonyl (C=O) groups is 1. The average Bonchev–Trinajstić information content (AvgIpc) is 3.08. The predicted molar refractivity (Wildman–Crippen MR) is 219 cm³/mol. The fourth-order valence-corrected chi connectivity index (χ4v) is 5.62. The number of pyridine rings is 2. The fourth-order valence-electron chi connectivity index (χ4n) is 5.40. The molecule has 3 N–H and O–H groups in total. The highest BCUT2D eigenvalue weighted by molar-refractivity contribution is 9.10. The molecule has 286 valence electrons. The Morgan fingerprint density at radius 1 is 1.14 bits per heavy atom. The van der Waals surface area contributed by atoms with Crippen molar-refractivity contribution in [2.24, 2.45) is 10.9 Å². The number of nitrogens with one attached hydrogen (secondary N) is 3. The second-order valence-electron chi connectivity index (χ2n) is 13.8. The van der Waals surface area contributed by atoms with E-state index in [1.54, 1.807) is 19.4 Å². The van der Waals surface area contributed by atoms with Crippen LogP contribution in [0.2, 0.25) is 0 Å². The van der Waals surface area contributed by atoms with Crippen LogP contribution in [0.25, 0.3) is 0 Å². The van der Waals surface area contributed by atoms with Gasteiger partial charge in [-0.2, -0.15) is 0 Å². The van der Waals surface area contributed by atoms with Crippen LogP contribution in [0.5, 0.6) is 0 Å². The van der Waals surface area contributed by atoms with E-state index in [0.717, 1.165) is 90.4 Å². The first kappa shape index (κ1) is 45.6. The number of guanidine groups is 1. The molecule has 0 saturated carbocycles. The number of piperidine rings is 1. The second kappa shape index (κ2) is 23.2. The number of anilines is 1. The molecule has 2 aromatic heterocycles. The summed E-state index contributed by atoms with van der Waals surface area (Å²) in [6.45, 7) is 28.3. The Bertz CT molecular complexity index is 1440. The fraction of sp³-hybridized carbons (Fsp3) is 0.600. The van der Waals surface area contributed by atoms with E-state index in [4.69, 9.17) is 4.74 Å². The van der Waals surface area contributed by atoms with Crippen molar-refractivity contribution in [1.29, 1.82) is 0 Å². The zero-order valence-electron chi connectivity index (χ0n) is 33.9. The Morgan fingerprint density at radius 3 is 2.31 bits per heavy atom. The molecule has 0 unspecified atom stereocenters. The lowest BCUT2D eigenvalue weighted by molar-refractivity contribution is -0.00627. The molecule has 1 saturated heterocycles. The number of likely N-dealkylation sites (tertiary alicyclic amines) is 1. The van der Waals surface area contributed by atoms with Crippen LogP contribution in [-0.4, -0.2) is 84.6 Å². The summed E-state index contributed by atoms with van der Waals surface area (Å²) in [5.74, 6) is 2.76. The number of hydrogen-bond acceptors (Lipinski definition) is 7. The number of aromatic nitrogens is 2. The number of hydrogen-bond donors (Lipinski definition) is 3.